The van der Waals surface area contributed by atoms with Crippen molar-refractivity contribution in [2.75, 3.05) is 27.2 Å². The maximum Gasteiger partial charge on any atom is 0.336 e. The Labute approximate surface area is 113 Å². The lowest BCUT2D eigenvalue weighted by atomic mass is 9.93. The summed E-state index contributed by atoms with van der Waals surface area (Å²) in [4.78, 5) is 14.0. The van der Waals surface area contributed by atoms with Gasteiger partial charge in [-0.1, -0.05) is 13.8 Å². The number of carbonyl (C=O) groups is 1. The maximum absolute atomic E-state index is 10.7. The van der Waals surface area contributed by atoms with Crippen LogP contribution < -0.4 is 5.32 Å². The van der Waals surface area contributed by atoms with Crippen LogP contribution in [0, 0.1) is 5.41 Å². The van der Waals surface area contributed by atoms with E-state index >= 15 is 0 Å². The summed E-state index contributed by atoms with van der Waals surface area (Å²) >= 11 is 1.49. The highest BCUT2D eigenvalue weighted by atomic mass is 32.1. The molecule has 1 aromatic rings. The molecule has 1 heterocycles. The second-order valence-electron chi connectivity index (χ2n) is 5.61. The van der Waals surface area contributed by atoms with Gasteiger partial charge in [-0.3, -0.25) is 0 Å². The summed E-state index contributed by atoms with van der Waals surface area (Å²) in [6, 6.07) is 1.74. The van der Waals surface area contributed by atoms with Gasteiger partial charge in [0, 0.05) is 29.9 Å². The number of thiophene rings is 1. The summed E-state index contributed by atoms with van der Waals surface area (Å²) in [6.45, 7) is 7.10. The zero-order valence-electron chi connectivity index (χ0n) is 11.5. The predicted octanol–water partition coefficient (Wildman–Crippen LogP) is 2.12. The molecule has 0 aliphatic carbocycles. The molecule has 0 bridgehead atoms. The van der Waals surface area contributed by atoms with Gasteiger partial charge in [0.15, 0.2) is 0 Å². The van der Waals surface area contributed by atoms with Crippen LogP contribution in [0.4, 0.5) is 0 Å². The first kappa shape index (κ1) is 15.1. The molecule has 5 heteroatoms. The van der Waals surface area contributed by atoms with Crippen molar-refractivity contribution < 1.29 is 9.90 Å². The van der Waals surface area contributed by atoms with Crippen LogP contribution in [0.1, 0.15) is 29.1 Å². The van der Waals surface area contributed by atoms with Crippen molar-refractivity contribution in [3.8, 4) is 0 Å². The normalized spacial score (nSPS) is 12.1. The Morgan fingerprint density at radius 3 is 2.67 bits per heavy atom. The first-order valence-corrected chi connectivity index (χ1v) is 6.84. The Kier molecular flexibility index (Phi) is 5.31. The van der Waals surface area contributed by atoms with E-state index in [1.807, 2.05) is 0 Å². The summed E-state index contributed by atoms with van der Waals surface area (Å²) in [5, 5.41) is 13.9. The lowest BCUT2D eigenvalue weighted by Crippen LogP contribution is -2.37. The second-order valence-corrected chi connectivity index (χ2v) is 6.61. The van der Waals surface area contributed by atoms with Gasteiger partial charge in [0.1, 0.15) is 0 Å². The third-order valence-electron chi connectivity index (χ3n) is 2.55. The molecule has 102 valence electrons. The highest BCUT2D eigenvalue weighted by Crippen LogP contribution is 2.17. The van der Waals surface area contributed by atoms with Crippen LogP contribution in [0.2, 0.25) is 0 Å². The molecule has 0 radical (unpaired) electrons. The largest absolute Gasteiger partial charge is 0.478 e. The van der Waals surface area contributed by atoms with Gasteiger partial charge < -0.3 is 15.3 Å². The molecule has 0 aliphatic rings. The van der Waals surface area contributed by atoms with Crippen molar-refractivity contribution in [1.29, 1.82) is 0 Å². The number of rotatable bonds is 7. The van der Waals surface area contributed by atoms with Crippen LogP contribution in [0.3, 0.4) is 0 Å². The molecule has 0 unspecified atom stereocenters. The fourth-order valence-electron chi connectivity index (χ4n) is 2.02. The third kappa shape index (κ3) is 5.16. The van der Waals surface area contributed by atoms with E-state index in [1.165, 1.54) is 11.3 Å². The summed E-state index contributed by atoms with van der Waals surface area (Å²) in [5.41, 5.74) is 0.584. The lowest BCUT2D eigenvalue weighted by Gasteiger charge is -2.28. The number of hydrogen-bond acceptors (Lipinski definition) is 4. The van der Waals surface area contributed by atoms with Crippen LogP contribution in [0.5, 0.6) is 0 Å². The van der Waals surface area contributed by atoms with Gasteiger partial charge in [0.05, 0.1) is 5.56 Å². The maximum atomic E-state index is 10.7. The summed E-state index contributed by atoms with van der Waals surface area (Å²) in [7, 11) is 4.14. The number of carboxylic acid groups (broad SMARTS) is 1. The topological polar surface area (TPSA) is 52.6 Å². The molecule has 18 heavy (non-hydrogen) atoms. The molecule has 0 atom stereocenters. The Morgan fingerprint density at radius 1 is 1.50 bits per heavy atom. The molecular weight excluding hydrogens is 248 g/mol. The first-order chi connectivity index (χ1) is 8.30. The van der Waals surface area contributed by atoms with Gasteiger partial charge in [-0.15, -0.1) is 11.3 Å². The minimum absolute atomic E-state index is 0.205. The molecule has 0 amide bonds. The zero-order valence-corrected chi connectivity index (χ0v) is 12.3. The molecular formula is C13H22N2O2S. The van der Waals surface area contributed by atoms with E-state index in [9.17, 15) is 4.79 Å². The summed E-state index contributed by atoms with van der Waals surface area (Å²) in [6.07, 6.45) is 0. The van der Waals surface area contributed by atoms with E-state index < -0.39 is 5.97 Å². The van der Waals surface area contributed by atoms with Gasteiger partial charge in [0.25, 0.3) is 0 Å². The second kappa shape index (κ2) is 6.31. The molecule has 2 N–H and O–H groups in total. The Bertz CT molecular complexity index is 399. The van der Waals surface area contributed by atoms with Crippen LogP contribution in [0.25, 0.3) is 0 Å². The average molecular weight is 270 g/mol. The number of aromatic carboxylic acids is 1. The molecule has 0 saturated carbocycles. The van der Waals surface area contributed by atoms with Crippen molar-refractivity contribution in [2.24, 2.45) is 5.41 Å². The highest BCUT2D eigenvalue weighted by Gasteiger charge is 2.18. The van der Waals surface area contributed by atoms with Gasteiger partial charge in [-0.05, 0) is 25.6 Å². The molecule has 0 aromatic carbocycles. The van der Waals surface area contributed by atoms with E-state index in [4.69, 9.17) is 5.11 Å². The van der Waals surface area contributed by atoms with Crippen LogP contribution in [0.15, 0.2) is 11.4 Å². The van der Waals surface area contributed by atoms with E-state index in [1.54, 1.807) is 11.4 Å². The molecule has 0 aliphatic heterocycles. The lowest BCUT2D eigenvalue weighted by molar-refractivity contribution is 0.0697. The van der Waals surface area contributed by atoms with Gasteiger partial charge in [-0.2, -0.15) is 0 Å². The number of nitrogens with one attached hydrogen (secondary N) is 1. The van der Waals surface area contributed by atoms with E-state index in [0.717, 1.165) is 24.5 Å². The van der Waals surface area contributed by atoms with Crippen molar-refractivity contribution in [1.82, 2.24) is 10.2 Å². The number of nitrogens with zero attached hydrogens (tertiary/aromatic N) is 1. The third-order valence-corrected chi connectivity index (χ3v) is 3.48. The standard InChI is InChI=1S/C13H22N2O2S/c1-13(2,9-15(3)4)8-14-6-11-5-10(7-18-11)12(16)17/h5,7,14H,6,8-9H2,1-4H3,(H,16,17). The molecule has 0 fully saturated rings. The highest BCUT2D eigenvalue weighted by molar-refractivity contribution is 7.10. The van der Waals surface area contributed by atoms with Gasteiger partial charge >= 0.3 is 5.97 Å². The average Bonchev–Trinajstić information content (AvgIpc) is 2.63. The molecule has 0 saturated heterocycles. The molecule has 4 nitrogen and oxygen atoms in total. The molecule has 0 spiro atoms. The predicted molar refractivity (Wildman–Crippen MR) is 75.3 cm³/mol. The smallest absolute Gasteiger partial charge is 0.336 e. The SMILES string of the molecule is CN(C)CC(C)(C)CNCc1cc(C(=O)O)cs1. The van der Waals surface area contributed by atoms with Crippen molar-refractivity contribution in [3.63, 3.8) is 0 Å². The minimum atomic E-state index is -0.856. The van der Waals surface area contributed by atoms with Crippen molar-refractivity contribution in [2.45, 2.75) is 20.4 Å². The first-order valence-electron chi connectivity index (χ1n) is 5.96. The Hall–Kier alpha value is -0.910. The fourth-order valence-corrected chi connectivity index (χ4v) is 2.85. The Morgan fingerprint density at radius 2 is 2.17 bits per heavy atom. The van der Waals surface area contributed by atoms with Crippen molar-refractivity contribution >= 4 is 17.3 Å². The minimum Gasteiger partial charge on any atom is -0.478 e. The fraction of sp³-hybridized carbons (Fsp3) is 0.615. The van der Waals surface area contributed by atoms with E-state index in [2.05, 4.69) is 38.2 Å². The number of carboxylic acids is 1. The molecule has 1 aromatic heterocycles. The monoisotopic (exact) mass is 270 g/mol. The van der Waals surface area contributed by atoms with Gasteiger partial charge in [-0.25, -0.2) is 4.79 Å². The quantitative estimate of drug-likeness (QED) is 0.797. The van der Waals surface area contributed by atoms with E-state index in [0.29, 0.717) is 5.56 Å². The number of hydrogen-bond donors (Lipinski definition) is 2. The molecule has 1 rings (SSSR count). The van der Waals surface area contributed by atoms with Gasteiger partial charge in [0.2, 0.25) is 0 Å². The van der Waals surface area contributed by atoms with Crippen LogP contribution in [-0.2, 0) is 6.54 Å². The zero-order chi connectivity index (χ0) is 13.8. The van der Waals surface area contributed by atoms with Crippen LogP contribution >= 0.6 is 11.3 Å². The van der Waals surface area contributed by atoms with Crippen LogP contribution in [-0.4, -0.2) is 43.2 Å². The summed E-state index contributed by atoms with van der Waals surface area (Å²) in [5.74, 6) is -0.856. The summed E-state index contributed by atoms with van der Waals surface area (Å²) < 4.78 is 0. The van der Waals surface area contributed by atoms with Crippen molar-refractivity contribution in [3.05, 3.63) is 21.9 Å². The Balaban J connectivity index is 2.39. The van der Waals surface area contributed by atoms with E-state index in [-0.39, 0.29) is 5.41 Å².